The van der Waals surface area contributed by atoms with Gasteiger partial charge in [-0.05, 0) is 5.92 Å². The van der Waals surface area contributed by atoms with Gasteiger partial charge in [-0.2, -0.15) is 0 Å². The van der Waals surface area contributed by atoms with Crippen molar-refractivity contribution in [1.29, 1.82) is 0 Å². The molecule has 1 rings (SSSR count). The third-order valence-corrected chi connectivity index (χ3v) is 2.39. The number of anilines is 1. The lowest BCUT2D eigenvalue weighted by Crippen LogP contribution is -2.17. The lowest BCUT2D eigenvalue weighted by Gasteiger charge is -2.19. The molecule has 1 N–H and O–H groups in total. The normalized spacial score (nSPS) is 11.9. The van der Waals surface area contributed by atoms with Crippen LogP contribution in [-0.4, -0.2) is 17.0 Å². The number of hydrogen-bond donors (Lipinski definition) is 1. The topological polar surface area (TPSA) is 37.8 Å². The Balaban J connectivity index is 3.11. The monoisotopic (exact) mass is 221 g/mol. The standard InChI is InChI=1S/C13H23N3/c1-9(2)7-12-15-10(13(3,4)5)8-11(14-6)16-12/h8-9H,7H2,1-6H3,(H,14,15,16). The predicted molar refractivity (Wildman–Crippen MR) is 68.8 cm³/mol. The van der Waals surface area contributed by atoms with E-state index in [1.54, 1.807) is 0 Å². The minimum Gasteiger partial charge on any atom is -0.373 e. The van der Waals surface area contributed by atoms with Crippen LogP contribution in [0, 0.1) is 5.92 Å². The van der Waals surface area contributed by atoms with E-state index in [2.05, 4.69) is 49.9 Å². The van der Waals surface area contributed by atoms with E-state index < -0.39 is 0 Å². The van der Waals surface area contributed by atoms with Crippen LogP contribution in [0.25, 0.3) is 0 Å². The number of nitrogens with zero attached hydrogens (tertiary/aromatic N) is 2. The molecule has 0 spiro atoms. The molecule has 1 aromatic heterocycles. The minimum atomic E-state index is 0.0697. The molecule has 0 aliphatic heterocycles. The van der Waals surface area contributed by atoms with Crippen molar-refractivity contribution in [2.75, 3.05) is 12.4 Å². The first-order valence-electron chi connectivity index (χ1n) is 5.89. The molecule has 0 radical (unpaired) electrons. The smallest absolute Gasteiger partial charge is 0.131 e. The summed E-state index contributed by atoms with van der Waals surface area (Å²) in [5.41, 5.74) is 1.17. The summed E-state index contributed by atoms with van der Waals surface area (Å²) in [5, 5.41) is 3.10. The Hall–Kier alpha value is -1.12. The van der Waals surface area contributed by atoms with Crippen molar-refractivity contribution >= 4 is 5.82 Å². The zero-order valence-electron chi connectivity index (χ0n) is 11.3. The summed E-state index contributed by atoms with van der Waals surface area (Å²) in [5.74, 6) is 2.43. The van der Waals surface area contributed by atoms with E-state index in [0.717, 1.165) is 23.8 Å². The van der Waals surface area contributed by atoms with Crippen LogP contribution >= 0.6 is 0 Å². The second-order valence-electron chi connectivity index (χ2n) is 5.65. The average Bonchev–Trinajstić information content (AvgIpc) is 2.14. The number of hydrogen-bond acceptors (Lipinski definition) is 3. The molecule has 0 unspecified atom stereocenters. The summed E-state index contributed by atoms with van der Waals surface area (Å²) >= 11 is 0. The van der Waals surface area contributed by atoms with Crippen molar-refractivity contribution in [2.24, 2.45) is 5.92 Å². The number of rotatable bonds is 3. The second-order valence-corrected chi connectivity index (χ2v) is 5.65. The maximum absolute atomic E-state index is 4.64. The quantitative estimate of drug-likeness (QED) is 0.852. The van der Waals surface area contributed by atoms with Gasteiger partial charge in [-0.15, -0.1) is 0 Å². The van der Waals surface area contributed by atoms with Crippen LogP contribution in [0.5, 0.6) is 0 Å². The summed E-state index contributed by atoms with van der Waals surface area (Å²) < 4.78 is 0. The van der Waals surface area contributed by atoms with Crippen molar-refractivity contribution < 1.29 is 0 Å². The molecular formula is C13H23N3. The predicted octanol–water partition coefficient (Wildman–Crippen LogP) is 3.01. The van der Waals surface area contributed by atoms with Crippen molar-refractivity contribution in [3.05, 3.63) is 17.6 Å². The van der Waals surface area contributed by atoms with Gasteiger partial charge in [0.2, 0.25) is 0 Å². The van der Waals surface area contributed by atoms with Crippen LogP contribution in [0.1, 0.15) is 46.1 Å². The molecule has 1 aromatic rings. The maximum atomic E-state index is 4.64. The molecule has 0 atom stereocenters. The van der Waals surface area contributed by atoms with Crippen LogP contribution in [0.3, 0.4) is 0 Å². The summed E-state index contributed by atoms with van der Waals surface area (Å²) in [6.45, 7) is 10.9. The van der Waals surface area contributed by atoms with Gasteiger partial charge in [0.05, 0.1) is 5.69 Å². The molecule has 0 amide bonds. The van der Waals surface area contributed by atoms with E-state index in [9.17, 15) is 0 Å². The number of nitrogens with one attached hydrogen (secondary N) is 1. The number of aromatic nitrogens is 2. The Labute approximate surface area is 98.7 Å². The van der Waals surface area contributed by atoms with E-state index >= 15 is 0 Å². The van der Waals surface area contributed by atoms with Crippen LogP contribution < -0.4 is 5.32 Å². The Kier molecular flexibility index (Phi) is 3.89. The molecule has 16 heavy (non-hydrogen) atoms. The Bertz CT molecular complexity index is 351. The Morgan fingerprint density at radius 3 is 2.31 bits per heavy atom. The summed E-state index contributed by atoms with van der Waals surface area (Å²) in [6, 6.07) is 2.03. The first-order chi connectivity index (χ1) is 7.32. The van der Waals surface area contributed by atoms with E-state index in [1.807, 2.05) is 13.1 Å². The van der Waals surface area contributed by atoms with Crippen LogP contribution in [0.2, 0.25) is 0 Å². The zero-order chi connectivity index (χ0) is 12.3. The van der Waals surface area contributed by atoms with Gasteiger partial charge in [0.15, 0.2) is 0 Å². The first-order valence-corrected chi connectivity index (χ1v) is 5.89. The van der Waals surface area contributed by atoms with E-state index in [4.69, 9.17) is 0 Å². The van der Waals surface area contributed by atoms with Gasteiger partial charge in [-0.25, -0.2) is 9.97 Å². The molecule has 3 heteroatoms. The van der Waals surface area contributed by atoms with Gasteiger partial charge in [-0.1, -0.05) is 34.6 Å². The lowest BCUT2D eigenvalue weighted by molar-refractivity contribution is 0.551. The van der Waals surface area contributed by atoms with Crippen LogP contribution in [0.4, 0.5) is 5.82 Å². The van der Waals surface area contributed by atoms with Crippen molar-refractivity contribution in [2.45, 2.75) is 46.5 Å². The molecular weight excluding hydrogens is 198 g/mol. The molecule has 1 heterocycles. The van der Waals surface area contributed by atoms with Gasteiger partial charge in [0, 0.05) is 24.9 Å². The minimum absolute atomic E-state index is 0.0697. The third kappa shape index (κ3) is 3.47. The summed E-state index contributed by atoms with van der Waals surface area (Å²) in [4.78, 5) is 9.12. The average molecular weight is 221 g/mol. The first kappa shape index (κ1) is 12.9. The molecule has 0 saturated carbocycles. The van der Waals surface area contributed by atoms with Crippen molar-refractivity contribution in [3.8, 4) is 0 Å². The summed E-state index contributed by atoms with van der Waals surface area (Å²) in [7, 11) is 1.90. The van der Waals surface area contributed by atoms with Crippen LogP contribution in [-0.2, 0) is 11.8 Å². The fraction of sp³-hybridized carbons (Fsp3) is 0.692. The van der Waals surface area contributed by atoms with Crippen LogP contribution in [0.15, 0.2) is 6.07 Å². The second kappa shape index (κ2) is 4.81. The lowest BCUT2D eigenvalue weighted by atomic mass is 9.91. The van der Waals surface area contributed by atoms with E-state index in [1.165, 1.54) is 0 Å². The largest absolute Gasteiger partial charge is 0.373 e. The van der Waals surface area contributed by atoms with Gasteiger partial charge >= 0.3 is 0 Å². The van der Waals surface area contributed by atoms with Gasteiger partial charge < -0.3 is 5.32 Å². The highest BCUT2D eigenvalue weighted by atomic mass is 15.0. The molecule has 90 valence electrons. The summed E-state index contributed by atoms with van der Waals surface area (Å²) in [6.07, 6.45) is 0.929. The SMILES string of the molecule is CNc1cc(C(C)(C)C)nc(CC(C)C)n1. The molecule has 0 aromatic carbocycles. The molecule has 0 aliphatic rings. The fourth-order valence-corrected chi connectivity index (χ4v) is 1.47. The maximum Gasteiger partial charge on any atom is 0.131 e. The van der Waals surface area contributed by atoms with Gasteiger partial charge in [0.1, 0.15) is 11.6 Å². The van der Waals surface area contributed by atoms with Crippen molar-refractivity contribution in [3.63, 3.8) is 0 Å². The Morgan fingerprint density at radius 1 is 1.25 bits per heavy atom. The molecule has 0 bridgehead atoms. The molecule has 0 fully saturated rings. The van der Waals surface area contributed by atoms with E-state index in [0.29, 0.717) is 5.92 Å². The van der Waals surface area contributed by atoms with E-state index in [-0.39, 0.29) is 5.41 Å². The highest BCUT2D eigenvalue weighted by Crippen LogP contribution is 2.22. The highest BCUT2D eigenvalue weighted by Gasteiger charge is 2.17. The van der Waals surface area contributed by atoms with Crippen molar-refractivity contribution in [1.82, 2.24) is 9.97 Å². The third-order valence-electron chi connectivity index (χ3n) is 2.39. The molecule has 0 aliphatic carbocycles. The highest BCUT2D eigenvalue weighted by molar-refractivity contribution is 5.37. The fourth-order valence-electron chi connectivity index (χ4n) is 1.47. The Morgan fingerprint density at radius 2 is 1.88 bits per heavy atom. The molecule has 3 nitrogen and oxygen atoms in total. The van der Waals surface area contributed by atoms with Gasteiger partial charge in [-0.3, -0.25) is 0 Å². The van der Waals surface area contributed by atoms with Gasteiger partial charge in [0.25, 0.3) is 0 Å². The molecule has 0 saturated heterocycles. The zero-order valence-corrected chi connectivity index (χ0v) is 11.3.